The molecule has 2 amide bonds. The number of rotatable bonds is 4. The second-order valence-corrected chi connectivity index (χ2v) is 7.68. The summed E-state index contributed by atoms with van der Waals surface area (Å²) in [5.41, 5.74) is 0.691. The van der Waals surface area contributed by atoms with Crippen LogP contribution in [0.1, 0.15) is 10.4 Å². The number of amides is 2. The molecule has 0 spiro atoms. The molecule has 0 N–H and O–H groups in total. The molecule has 7 heteroatoms. The van der Waals surface area contributed by atoms with Gasteiger partial charge in [-0.3, -0.25) is 9.59 Å². The lowest BCUT2D eigenvalue weighted by Crippen LogP contribution is -2.51. The smallest absolute Gasteiger partial charge is 0.253 e. The topological polar surface area (TPSA) is 59.1 Å². The summed E-state index contributed by atoms with van der Waals surface area (Å²) in [4.78, 5) is 29.7. The number of benzene rings is 2. The van der Waals surface area contributed by atoms with Crippen LogP contribution in [0.25, 0.3) is 0 Å². The number of piperazine rings is 1. The Morgan fingerprint density at radius 2 is 1.54 bits per heavy atom. The number of ether oxygens (including phenoxy) is 2. The average Bonchev–Trinajstić information content (AvgIpc) is 2.77. The molecule has 1 fully saturated rings. The number of nitrogens with zero attached hydrogens (tertiary/aromatic N) is 2. The average molecular weight is 398 g/mol. The molecule has 2 aliphatic heterocycles. The highest BCUT2D eigenvalue weighted by molar-refractivity contribution is 8.00. The van der Waals surface area contributed by atoms with Crippen LogP contribution in [0.2, 0.25) is 0 Å². The van der Waals surface area contributed by atoms with E-state index < -0.39 is 0 Å². The van der Waals surface area contributed by atoms with Crippen LogP contribution in [-0.4, -0.2) is 66.8 Å². The van der Waals surface area contributed by atoms with Gasteiger partial charge in [0.2, 0.25) is 5.91 Å². The minimum Gasteiger partial charge on any atom is -0.486 e. The molecule has 28 heavy (non-hydrogen) atoms. The highest BCUT2D eigenvalue weighted by atomic mass is 32.2. The third-order valence-corrected chi connectivity index (χ3v) is 5.79. The van der Waals surface area contributed by atoms with E-state index in [1.165, 1.54) is 11.8 Å². The number of hydrogen-bond acceptors (Lipinski definition) is 5. The summed E-state index contributed by atoms with van der Waals surface area (Å²) in [6.07, 6.45) is 0. The number of carbonyl (C=O) groups is 2. The van der Waals surface area contributed by atoms with Crippen molar-refractivity contribution in [3.05, 3.63) is 54.1 Å². The van der Waals surface area contributed by atoms with E-state index in [4.69, 9.17) is 9.47 Å². The zero-order valence-electron chi connectivity index (χ0n) is 15.5. The van der Waals surface area contributed by atoms with E-state index in [0.29, 0.717) is 50.7 Å². The predicted molar refractivity (Wildman–Crippen MR) is 107 cm³/mol. The van der Waals surface area contributed by atoms with Crippen LogP contribution in [0, 0.1) is 0 Å². The predicted octanol–water partition coefficient (Wildman–Crippen LogP) is 2.53. The van der Waals surface area contributed by atoms with Crippen molar-refractivity contribution in [3.63, 3.8) is 0 Å². The summed E-state index contributed by atoms with van der Waals surface area (Å²) in [6.45, 7) is 3.38. The first-order chi connectivity index (χ1) is 13.7. The Labute approximate surface area is 168 Å². The Morgan fingerprint density at radius 3 is 2.29 bits per heavy atom. The van der Waals surface area contributed by atoms with Crippen LogP contribution in [0.5, 0.6) is 11.5 Å². The highest BCUT2D eigenvalue weighted by Crippen LogP contribution is 2.34. The van der Waals surface area contributed by atoms with Gasteiger partial charge in [0.1, 0.15) is 13.2 Å². The van der Waals surface area contributed by atoms with Crippen LogP contribution < -0.4 is 9.47 Å². The van der Waals surface area contributed by atoms with Crippen LogP contribution in [0.4, 0.5) is 0 Å². The zero-order chi connectivity index (χ0) is 19.3. The molecule has 2 heterocycles. The van der Waals surface area contributed by atoms with E-state index in [1.54, 1.807) is 0 Å². The van der Waals surface area contributed by atoms with E-state index in [-0.39, 0.29) is 11.8 Å². The molecule has 0 aliphatic carbocycles. The second-order valence-electron chi connectivity index (χ2n) is 6.63. The van der Waals surface area contributed by atoms with Crippen molar-refractivity contribution in [1.82, 2.24) is 9.80 Å². The van der Waals surface area contributed by atoms with Crippen molar-refractivity contribution in [3.8, 4) is 11.5 Å². The first kappa shape index (κ1) is 18.7. The second kappa shape index (κ2) is 8.56. The molecule has 0 aromatic heterocycles. The van der Waals surface area contributed by atoms with Crippen LogP contribution >= 0.6 is 11.8 Å². The molecule has 6 nitrogen and oxygen atoms in total. The quantitative estimate of drug-likeness (QED) is 0.741. The van der Waals surface area contributed by atoms with Gasteiger partial charge in [0.05, 0.1) is 5.75 Å². The molecule has 1 saturated heterocycles. The molecule has 4 rings (SSSR count). The Balaban J connectivity index is 1.27. The number of thioether (sulfide) groups is 1. The largest absolute Gasteiger partial charge is 0.486 e. The molecule has 2 aliphatic rings. The SMILES string of the molecule is O=C(CSc1ccc2c(c1)OCCO2)N1CCN(C(=O)c2ccccc2)CC1. The Kier molecular flexibility index (Phi) is 5.71. The monoisotopic (exact) mass is 398 g/mol. The van der Waals surface area contributed by atoms with Gasteiger partial charge in [0, 0.05) is 36.6 Å². The number of fused-ring (bicyclic) bond motifs is 1. The first-order valence-corrected chi connectivity index (χ1v) is 10.3. The Hall–Kier alpha value is -2.67. The fourth-order valence-corrected chi connectivity index (χ4v) is 4.10. The summed E-state index contributed by atoms with van der Waals surface area (Å²) >= 11 is 1.49. The normalized spacial score (nSPS) is 16.0. The van der Waals surface area contributed by atoms with Crippen molar-refractivity contribution < 1.29 is 19.1 Å². The van der Waals surface area contributed by atoms with Gasteiger partial charge in [-0.15, -0.1) is 11.8 Å². The molecule has 0 atom stereocenters. The summed E-state index contributed by atoms with van der Waals surface area (Å²) in [6, 6.07) is 15.0. The summed E-state index contributed by atoms with van der Waals surface area (Å²) in [5, 5.41) is 0. The molecular weight excluding hydrogens is 376 g/mol. The van der Waals surface area contributed by atoms with E-state index in [1.807, 2.05) is 58.3 Å². The van der Waals surface area contributed by atoms with Crippen molar-refractivity contribution >= 4 is 23.6 Å². The number of hydrogen-bond donors (Lipinski definition) is 0. The van der Waals surface area contributed by atoms with E-state index in [9.17, 15) is 9.59 Å². The third kappa shape index (κ3) is 4.25. The van der Waals surface area contributed by atoms with Crippen LogP contribution in [-0.2, 0) is 4.79 Å². The lowest BCUT2D eigenvalue weighted by Gasteiger charge is -2.34. The van der Waals surface area contributed by atoms with Gasteiger partial charge in [-0.2, -0.15) is 0 Å². The summed E-state index contributed by atoms with van der Waals surface area (Å²) in [5.74, 6) is 1.97. The van der Waals surface area contributed by atoms with Gasteiger partial charge in [0.15, 0.2) is 11.5 Å². The van der Waals surface area contributed by atoms with Crippen molar-refractivity contribution in [2.45, 2.75) is 4.90 Å². The Bertz CT molecular complexity index is 851. The molecule has 0 saturated carbocycles. The maximum atomic E-state index is 12.6. The number of carbonyl (C=O) groups excluding carboxylic acids is 2. The van der Waals surface area contributed by atoms with Gasteiger partial charge in [-0.1, -0.05) is 18.2 Å². The fraction of sp³-hybridized carbons (Fsp3) is 0.333. The first-order valence-electron chi connectivity index (χ1n) is 9.35. The zero-order valence-corrected chi connectivity index (χ0v) is 16.3. The van der Waals surface area contributed by atoms with Crippen LogP contribution in [0.15, 0.2) is 53.4 Å². The molecule has 146 valence electrons. The minimum absolute atomic E-state index is 0.0263. The molecule has 0 radical (unpaired) electrons. The van der Waals surface area contributed by atoms with Crippen LogP contribution in [0.3, 0.4) is 0 Å². The molecule has 2 aromatic carbocycles. The lowest BCUT2D eigenvalue weighted by molar-refractivity contribution is -0.129. The van der Waals surface area contributed by atoms with Gasteiger partial charge < -0.3 is 19.3 Å². The lowest BCUT2D eigenvalue weighted by atomic mass is 10.2. The van der Waals surface area contributed by atoms with Gasteiger partial charge in [0.25, 0.3) is 5.91 Å². The summed E-state index contributed by atoms with van der Waals surface area (Å²) in [7, 11) is 0. The van der Waals surface area contributed by atoms with E-state index in [0.717, 1.165) is 16.4 Å². The molecular formula is C21H22N2O4S. The highest BCUT2D eigenvalue weighted by Gasteiger charge is 2.24. The van der Waals surface area contributed by atoms with Crippen molar-refractivity contribution in [1.29, 1.82) is 0 Å². The van der Waals surface area contributed by atoms with E-state index >= 15 is 0 Å². The van der Waals surface area contributed by atoms with Gasteiger partial charge >= 0.3 is 0 Å². The summed E-state index contributed by atoms with van der Waals surface area (Å²) < 4.78 is 11.1. The standard InChI is InChI=1S/C21H22N2O4S/c24-20(15-28-17-6-7-18-19(14-17)27-13-12-26-18)22-8-10-23(11-9-22)21(25)16-4-2-1-3-5-16/h1-7,14H,8-13,15H2. The third-order valence-electron chi connectivity index (χ3n) is 4.82. The minimum atomic E-state index is 0.0263. The molecule has 2 aromatic rings. The maximum absolute atomic E-state index is 12.6. The van der Waals surface area contributed by atoms with Gasteiger partial charge in [-0.25, -0.2) is 0 Å². The fourth-order valence-electron chi connectivity index (χ4n) is 3.27. The molecule has 0 bridgehead atoms. The van der Waals surface area contributed by atoms with Gasteiger partial charge in [-0.05, 0) is 30.3 Å². The van der Waals surface area contributed by atoms with Crippen molar-refractivity contribution in [2.75, 3.05) is 45.1 Å². The van der Waals surface area contributed by atoms with Crippen molar-refractivity contribution in [2.24, 2.45) is 0 Å². The Morgan fingerprint density at radius 1 is 0.857 bits per heavy atom. The van der Waals surface area contributed by atoms with E-state index in [2.05, 4.69) is 0 Å². The molecule has 0 unspecified atom stereocenters. The maximum Gasteiger partial charge on any atom is 0.253 e.